The van der Waals surface area contributed by atoms with Crippen LogP contribution in [0.4, 0.5) is 0 Å². The topological polar surface area (TPSA) is 67.4 Å². The Labute approximate surface area is 119 Å². The molecule has 0 radical (unpaired) electrons. The van der Waals surface area contributed by atoms with Crippen molar-refractivity contribution >= 4 is 11.8 Å². The van der Waals surface area contributed by atoms with Gasteiger partial charge in [0.15, 0.2) is 0 Å². The van der Waals surface area contributed by atoms with Crippen molar-refractivity contribution in [3.05, 3.63) is 0 Å². The highest BCUT2D eigenvalue weighted by molar-refractivity contribution is 5.89. The summed E-state index contributed by atoms with van der Waals surface area (Å²) in [5.74, 6) is 1.97. The zero-order valence-electron chi connectivity index (χ0n) is 12.3. The number of carbonyl (C=O) groups is 2. The number of amides is 2. The molecule has 20 heavy (non-hydrogen) atoms. The molecule has 0 aliphatic heterocycles. The van der Waals surface area contributed by atoms with Crippen molar-refractivity contribution in [3.63, 3.8) is 0 Å². The lowest BCUT2D eigenvalue weighted by Crippen LogP contribution is -2.56. The van der Waals surface area contributed by atoms with Gasteiger partial charge in [-0.25, -0.2) is 5.48 Å². The molecule has 4 rings (SSSR count). The van der Waals surface area contributed by atoms with Crippen LogP contribution in [-0.2, 0) is 14.4 Å². The van der Waals surface area contributed by atoms with E-state index in [0.717, 1.165) is 37.0 Å². The molecule has 1 atom stereocenters. The Kier molecular flexibility index (Phi) is 3.48. The zero-order valence-corrected chi connectivity index (χ0v) is 12.3. The van der Waals surface area contributed by atoms with Gasteiger partial charge in [0.05, 0.1) is 7.11 Å². The first kappa shape index (κ1) is 13.9. The molecule has 4 aliphatic rings. The average molecular weight is 280 g/mol. The van der Waals surface area contributed by atoms with Gasteiger partial charge in [-0.15, -0.1) is 0 Å². The standard InChI is InChI=1S/C15H24N2O3/c1-9(13(18)17-20-2)16-14(19)15-6-10-3-11(7-15)5-12(4-10)8-15/h9-12H,3-8H2,1-2H3,(H,16,19)(H,17,18)/t9-,10?,11?,12?,15?/m0/s1. The maximum absolute atomic E-state index is 12.7. The SMILES string of the molecule is CONC(=O)[C@H](C)NC(=O)C12CC3CC(CC(C3)C1)C2. The lowest BCUT2D eigenvalue weighted by molar-refractivity contribution is -0.149. The molecule has 112 valence electrons. The van der Waals surface area contributed by atoms with Gasteiger partial charge in [0.1, 0.15) is 6.04 Å². The number of rotatable bonds is 4. The lowest BCUT2D eigenvalue weighted by atomic mass is 9.49. The first-order valence-electron chi connectivity index (χ1n) is 7.66. The van der Waals surface area contributed by atoms with Crippen molar-refractivity contribution in [1.82, 2.24) is 10.8 Å². The fourth-order valence-electron chi connectivity index (χ4n) is 4.99. The minimum Gasteiger partial charge on any atom is -0.344 e. The molecule has 2 N–H and O–H groups in total. The number of hydrogen-bond donors (Lipinski definition) is 2. The molecule has 4 bridgehead atoms. The van der Waals surface area contributed by atoms with Gasteiger partial charge >= 0.3 is 0 Å². The predicted molar refractivity (Wildman–Crippen MR) is 73.4 cm³/mol. The van der Waals surface area contributed by atoms with Gasteiger partial charge in [0.2, 0.25) is 5.91 Å². The van der Waals surface area contributed by atoms with Crippen LogP contribution in [0, 0.1) is 23.2 Å². The number of hydrogen-bond acceptors (Lipinski definition) is 3. The Morgan fingerprint density at radius 2 is 1.60 bits per heavy atom. The molecule has 2 amide bonds. The highest BCUT2D eigenvalue weighted by Crippen LogP contribution is 2.60. The van der Waals surface area contributed by atoms with Gasteiger partial charge in [-0.2, -0.15) is 0 Å². The molecule has 5 heteroatoms. The van der Waals surface area contributed by atoms with Crippen LogP contribution in [0.2, 0.25) is 0 Å². The molecule has 0 aromatic rings. The van der Waals surface area contributed by atoms with Crippen LogP contribution in [0.25, 0.3) is 0 Å². The summed E-state index contributed by atoms with van der Waals surface area (Å²) in [4.78, 5) is 28.9. The molecule has 0 saturated heterocycles. The van der Waals surface area contributed by atoms with Gasteiger partial charge in [-0.1, -0.05) is 0 Å². The van der Waals surface area contributed by atoms with E-state index in [1.165, 1.54) is 26.4 Å². The Hall–Kier alpha value is -1.10. The van der Waals surface area contributed by atoms with Crippen molar-refractivity contribution in [2.24, 2.45) is 23.2 Å². The minimum atomic E-state index is -0.546. The molecular weight excluding hydrogens is 256 g/mol. The second-order valence-electron chi connectivity index (χ2n) is 7.06. The molecule has 0 heterocycles. The maximum atomic E-state index is 12.7. The molecule has 0 aromatic heterocycles. The largest absolute Gasteiger partial charge is 0.344 e. The van der Waals surface area contributed by atoms with Crippen molar-refractivity contribution in [1.29, 1.82) is 0 Å². The van der Waals surface area contributed by atoms with E-state index in [-0.39, 0.29) is 17.2 Å². The van der Waals surface area contributed by atoms with Gasteiger partial charge < -0.3 is 5.32 Å². The average Bonchev–Trinajstić information content (AvgIpc) is 2.37. The molecule has 0 aromatic carbocycles. The summed E-state index contributed by atoms with van der Waals surface area (Å²) in [6, 6.07) is -0.546. The monoisotopic (exact) mass is 280 g/mol. The normalized spacial score (nSPS) is 39.4. The highest BCUT2D eigenvalue weighted by Gasteiger charge is 2.54. The van der Waals surface area contributed by atoms with E-state index in [1.54, 1.807) is 6.92 Å². The van der Waals surface area contributed by atoms with Gasteiger partial charge in [-0.05, 0) is 63.2 Å². The highest BCUT2D eigenvalue weighted by atomic mass is 16.6. The second-order valence-corrected chi connectivity index (χ2v) is 7.06. The summed E-state index contributed by atoms with van der Waals surface area (Å²) in [6.45, 7) is 1.70. The molecule has 0 spiro atoms. The van der Waals surface area contributed by atoms with Crippen LogP contribution in [0.5, 0.6) is 0 Å². The minimum absolute atomic E-state index is 0.0790. The summed E-state index contributed by atoms with van der Waals surface area (Å²) >= 11 is 0. The molecule has 4 fully saturated rings. The van der Waals surface area contributed by atoms with Crippen LogP contribution in [0.1, 0.15) is 45.4 Å². The molecule has 5 nitrogen and oxygen atoms in total. The van der Waals surface area contributed by atoms with Gasteiger partial charge in [-0.3, -0.25) is 14.4 Å². The first-order chi connectivity index (χ1) is 9.52. The van der Waals surface area contributed by atoms with E-state index in [0.29, 0.717) is 0 Å². The van der Waals surface area contributed by atoms with Crippen LogP contribution < -0.4 is 10.8 Å². The summed E-state index contributed by atoms with van der Waals surface area (Å²) in [5, 5.41) is 2.89. The molecule has 0 unspecified atom stereocenters. The molecule has 4 aliphatic carbocycles. The van der Waals surface area contributed by atoms with Crippen LogP contribution in [0.15, 0.2) is 0 Å². The second kappa shape index (κ2) is 5.02. The third-order valence-corrected chi connectivity index (χ3v) is 5.46. The molecule has 4 saturated carbocycles. The first-order valence-corrected chi connectivity index (χ1v) is 7.66. The summed E-state index contributed by atoms with van der Waals surface area (Å²) in [5.41, 5.74) is 2.07. The Morgan fingerprint density at radius 3 is 2.05 bits per heavy atom. The fraction of sp³-hybridized carbons (Fsp3) is 0.867. The van der Waals surface area contributed by atoms with Crippen molar-refractivity contribution in [2.45, 2.75) is 51.5 Å². The van der Waals surface area contributed by atoms with Crippen molar-refractivity contribution in [3.8, 4) is 0 Å². The smallest absolute Gasteiger partial charge is 0.265 e. The summed E-state index contributed by atoms with van der Waals surface area (Å²) < 4.78 is 0. The number of nitrogens with one attached hydrogen (secondary N) is 2. The predicted octanol–water partition coefficient (Wildman–Crippen LogP) is 1.39. The van der Waals surface area contributed by atoms with E-state index in [4.69, 9.17) is 0 Å². The Bertz CT molecular complexity index is 386. The summed E-state index contributed by atoms with van der Waals surface area (Å²) in [6.07, 6.45) is 6.99. The van der Waals surface area contributed by atoms with Crippen LogP contribution in [0.3, 0.4) is 0 Å². The van der Waals surface area contributed by atoms with E-state index in [9.17, 15) is 9.59 Å². The number of carbonyl (C=O) groups excluding carboxylic acids is 2. The van der Waals surface area contributed by atoms with E-state index < -0.39 is 6.04 Å². The van der Waals surface area contributed by atoms with Gasteiger partial charge in [0, 0.05) is 5.41 Å². The fourth-order valence-corrected chi connectivity index (χ4v) is 4.99. The number of hydroxylamine groups is 1. The third-order valence-electron chi connectivity index (χ3n) is 5.46. The van der Waals surface area contributed by atoms with Crippen LogP contribution >= 0.6 is 0 Å². The Balaban J connectivity index is 1.66. The van der Waals surface area contributed by atoms with Crippen molar-refractivity contribution < 1.29 is 14.4 Å². The van der Waals surface area contributed by atoms with E-state index >= 15 is 0 Å². The van der Waals surface area contributed by atoms with Gasteiger partial charge in [0.25, 0.3) is 5.91 Å². The zero-order chi connectivity index (χ0) is 14.3. The van der Waals surface area contributed by atoms with E-state index in [1.807, 2.05) is 0 Å². The summed E-state index contributed by atoms with van der Waals surface area (Å²) in [7, 11) is 1.39. The van der Waals surface area contributed by atoms with Crippen molar-refractivity contribution in [2.75, 3.05) is 7.11 Å². The van der Waals surface area contributed by atoms with Crippen LogP contribution in [-0.4, -0.2) is 25.0 Å². The third kappa shape index (κ3) is 2.32. The van der Waals surface area contributed by atoms with E-state index in [2.05, 4.69) is 15.6 Å². The maximum Gasteiger partial charge on any atom is 0.265 e. The Morgan fingerprint density at radius 1 is 1.10 bits per heavy atom. The quantitative estimate of drug-likeness (QED) is 0.765. The lowest BCUT2D eigenvalue weighted by Gasteiger charge is -2.55. The molecular formula is C15H24N2O3.